The number of hydrogen-bond acceptors (Lipinski definition) is 2. The summed E-state index contributed by atoms with van der Waals surface area (Å²) in [4.78, 5) is 8.86. The van der Waals surface area contributed by atoms with Crippen LogP contribution in [0.5, 0.6) is 0 Å². The molecule has 8 aromatic rings. The summed E-state index contributed by atoms with van der Waals surface area (Å²) < 4.78 is 2.43. The monoisotopic (exact) mass is 812 g/mol. The van der Waals surface area contributed by atoms with Gasteiger partial charge in [-0.15, -0.1) is 71.8 Å². The second-order valence-electron chi connectivity index (χ2n) is 11.9. The van der Waals surface area contributed by atoms with E-state index in [0.717, 1.165) is 40.2 Å². The SMILES string of the molecule is Cc1ccc(-c2[c-]ccc3c4ccccc4n(CC(C)C)c23)nc1.[Ir].[c-]1ccccc1-c1[c-]cccc1.[c-]1ccccc1-c1ccccn1. The third-order valence-electron chi connectivity index (χ3n) is 7.80. The predicted molar refractivity (Wildman–Crippen MR) is 199 cm³/mol. The molecule has 245 valence electrons. The van der Waals surface area contributed by atoms with Crippen molar-refractivity contribution in [2.75, 3.05) is 0 Å². The molecule has 0 spiro atoms. The van der Waals surface area contributed by atoms with Gasteiger partial charge in [0.1, 0.15) is 0 Å². The number of para-hydroxylation sites is 1. The molecule has 3 heterocycles. The maximum Gasteiger partial charge on any atom is 0.0391 e. The van der Waals surface area contributed by atoms with Crippen LogP contribution < -0.4 is 0 Å². The molecular formula is C45H37IrN3-4. The maximum absolute atomic E-state index is 4.64. The van der Waals surface area contributed by atoms with Crippen LogP contribution in [0.25, 0.3) is 55.4 Å². The quantitative estimate of drug-likeness (QED) is 0.162. The van der Waals surface area contributed by atoms with E-state index in [4.69, 9.17) is 0 Å². The van der Waals surface area contributed by atoms with Crippen LogP contribution in [0.2, 0.25) is 0 Å². The summed E-state index contributed by atoms with van der Waals surface area (Å²) in [5, 5.41) is 2.58. The summed E-state index contributed by atoms with van der Waals surface area (Å²) in [6, 6.07) is 59.5. The molecule has 0 unspecified atom stereocenters. The first-order chi connectivity index (χ1) is 23.6. The zero-order chi connectivity index (χ0) is 33.1. The Hall–Kier alpha value is -5.15. The fraction of sp³-hybridized carbons (Fsp3) is 0.111. The zero-order valence-corrected chi connectivity index (χ0v) is 30.3. The Balaban J connectivity index is 0.000000157. The smallest absolute Gasteiger partial charge is 0.0391 e. The van der Waals surface area contributed by atoms with Crippen molar-refractivity contribution in [2.45, 2.75) is 27.3 Å². The summed E-state index contributed by atoms with van der Waals surface area (Å²) in [6.45, 7) is 7.58. The van der Waals surface area contributed by atoms with Gasteiger partial charge in [0, 0.05) is 44.6 Å². The van der Waals surface area contributed by atoms with Gasteiger partial charge in [0.2, 0.25) is 0 Å². The molecule has 0 saturated heterocycles. The Morgan fingerprint density at radius 3 is 1.78 bits per heavy atom. The van der Waals surface area contributed by atoms with Gasteiger partial charge in [-0.25, -0.2) is 11.1 Å². The minimum absolute atomic E-state index is 0. The second-order valence-corrected chi connectivity index (χ2v) is 11.9. The molecule has 0 atom stereocenters. The topological polar surface area (TPSA) is 30.7 Å². The van der Waals surface area contributed by atoms with Crippen molar-refractivity contribution in [3.8, 4) is 33.6 Å². The van der Waals surface area contributed by atoms with Crippen LogP contribution in [-0.4, -0.2) is 14.5 Å². The number of rotatable bonds is 5. The first-order valence-corrected chi connectivity index (χ1v) is 16.2. The van der Waals surface area contributed by atoms with Crippen molar-refractivity contribution in [1.29, 1.82) is 0 Å². The van der Waals surface area contributed by atoms with E-state index in [9.17, 15) is 0 Å². The molecule has 0 amide bonds. The number of pyridine rings is 2. The van der Waals surface area contributed by atoms with E-state index in [2.05, 4.69) is 102 Å². The molecule has 8 rings (SSSR count). The minimum Gasteiger partial charge on any atom is -0.380 e. The van der Waals surface area contributed by atoms with E-state index in [-0.39, 0.29) is 20.1 Å². The number of nitrogens with zero attached hydrogens (tertiary/aromatic N) is 3. The Labute approximate surface area is 303 Å². The van der Waals surface area contributed by atoms with Gasteiger partial charge >= 0.3 is 0 Å². The molecule has 5 aromatic carbocycles. The van der Waals surface area contributed by atoms with Gasteiger partial charge in [-0.3, -0.25) is 0 Å². The zero-order valence-electron chi connectivity index (χ0n) is 27.9. The van der Waals surface area contributed by atoms with Crippen LogP contribution >= 0.6 is 0 Å². The first kappa shape index (κ1) is 35.2. The van der Waals surface area contributed by atoms with Crippen LogP contribution in [0.4, 0.5) is 0 Å². The van der Waals surface area contributed by atoms with Crippen LogP contribution in [0.15, 0.2) is 152 Å². The average molecular weight is 812 g/mol. The molecule has 0 aliphatic rings. The summed E-state index contributed by atoms with van der Waals surface area (Å²) in [5.74, 6) is 0.572. The van der Waals surface area contributed by atoms with Gasteiger partial charge < -0.3 is 14.5 Å². The van der Waals surface area contributed by atoms with E-state index in [1.165, 1.54) is 27.4 Å². The van der Waals surface area contributed by atoms with Gasteiger partial charge in [-0.1, -0.05) is 61.7 Å². The summed E-state index contributed by atoms with van der Waals surface area (Å²) >= 11 is 0. The van der Waals surface area contributed by atoms with Gasteiger partial charge in [-0.05, 0) is 52.8 Å². The van der Waals surface area contributed by atoms with Crippen LogP contribution in [0.1, 0.15) is 19.4 Å². The Morgan fingerprint density at radius 2 is 1.20 bits per heavy atom. The van der Waals surface area contributed by atoms with Gasteiger partial charge in [0.05, 0.1) is 0 Å². The molecule has 49 heavy (non-hydrogen) atoms. The summed E-state index contributed by atoms with van der Waals surface area (Å²) in [7, 11) is 0. The summed E-state index contributed by atoms with van der Waals surface area (Å²) in [6.07, 6.45) is 3.72. The van der Waals surface area contributed by atoms with Gasteiger partial charge in [0.25, 0.3) is 0 Å². The molecule has 0 saturated carbocycles. The molecule has 3 nitrogen and oxygen atoms in total. The molecule has 0 bridgehead atoms. The van der Waals surface area contributed by atoms with Gasteiger partial charge in [0.15, 0.2) is 0 Å². The fourth-order valence-corrected chi connectivity index (χ4v) is 5.61. The molecule has 0 N–H and O–H groups in total. The number of benzene rings is 5. The fourth-order valence-electron chi connectivity index (χ4n) is 5.61. The van der Waals surface area contributed by atoms with Crippen molar-refractivity contribution < 1.29 is 20.1 Å². The summed E-state index contributed by atoms with van der Waals surface area (Å²) in [5.41, 5.74) is 9.97. The standard InChI is InChI=1S/C22H21N2.C12H8.C11H8N.Ir/c1-15(2)14-24-21-10-5-4-7-17(21)18-8-6-9-19(22(18)24)20-12-11-16(3)13-23-20;1-3-7-11(8-4-1)12-9-5-2-6-10-12;1-2-6-10(7-3-1)11-8-4-5-9-12-11;/h4-8,10-13,15H,14H2,1-3H3;1-7,9H;1-6,8-9H;/q-1;-2;-1;. The van der Waals surface area contributed by atoms with Crippen LogP contribution in [-0.2, 0) is 26.7 Å². The number of aryl methyl sites for hydroxylation is 1. The number of fused-ring (bicyclic) bond motifs is 3. The normalized spacial score (nSPS) is 10.4. The van der Waals surface area contributed by atoms with Gasteiger partial charge in [-0.2, -0.15) is 48.5 Å². The predicted octanol–water partition coefficient (Wildman–Crippen LogP) is 11.1. The molecular weight excluding hydrogens is 775 g/mol. The van der Waals surface area contributed by atoms with Crippen LogP contribution in [0, 0.1) is 37.1 Å². The van der Waals surface area contributed by atoms with E-state index in [1.54, 1.807) is 6.20 Å². The minimum atomic E-state index is 0. The Kier molecular flexibility index (Phi) is 12.4. The largest absolute Gasteiger partial charge is 0.380 e. The Bertz CT molecular complexity index is 2010. The van der Waals surface area contributed by atoms with E-state index in [1.807, 2.05) is 103 Å². The van der Waals surface area contributed by atoms with Crippen molar-refractivity contribution in [3.05, 3.63) is 182 Å². The van der Waals surface area contributed by atoms with E-state index >= 15 is 0 Å². The van der Waals surface area contributed by atoms with Crippen molar-refractivity contribution >= 4 is 21.8 Å². The van der Waals surface area contributed by atoms with E-state index in [0.29, 0.717) is 5.92 Å². The molecule has 0 aliphatic heterocycles. The van der Waals surface area contributed by atoms with Crippen molar-refractivity contribution in [2.24, 2.45) is 5.92 Å². The molecule has 0 aliphatic carbocycles. The molecule has 4 heteroatoms. The van der Waals surface area contributed by atoms with Crippen LogP contribution in [0.3, 0.4) is 0 Å². The maximum atomic E-state index is 4.64. The second kappa shape index (κ2) is 17.3. The number of aromatic nitrogens is 3. The average Bonchev–Trinajstić information content (AvgIpc) is 3.47. The molecule has 1 radical (unpaired) electrons. The third-order valence-corrected chi connectivity index (χ3v) is 7.80. The molecule has 0 fully saturated rings. The Morgan fingerprint density at radius 1 is 0.571 bits per heavy atom. The van der Waals surface area contributed by atoms with E-state index < -0.39 is 0 Å². The number of hydrogen-bond donors (Lipinski definition) is 0. The third kappa shape index (κ3) is 8.86. The van der Waals surface area contributed by atoms with Crippen molar-refractivity contribution in [3.63, 3.8) is 0 Å². The first-order valence-electron chi connectivity index (χ1n) is 16.2. The van der Waals surface area contributed by atoms with Crippen molar-refractivity contribution in [1.82, 2.24) is 14.5 Å². The molecule has 3 aromatic heterocycles.